The van der Waals surface area contributed by atoms with Crippen LogP contribution in [-0.4, -0.2) is 29.2 Å². The van der Waals surface area contributed by atoms with Crippen LogP contribution in [0, 0.1) is 0 Å². The van der Waals surface area contributed by atoms with Crippen LogP contribution in [0.3, 0.4) is 0 Å². The summed E-state index contributed by atoms with van der Waals surface area (Å²) in [7, 11) is 1.42. The highest BCUT2D eigenvalue weighted by Crippen LogP contribution is 2.14. The van der Waals surface area contributed by atoms with Crippen molar-refractivity contribution in [3.63, 3.8) is 0 Å². The van der Waals surface area contributed by atoms with Gasteiger partial charge < -0.3 is 20.8 Å². The average Bonchev–Trinajstić information content (AvgIpc) is 2.13. The molecule has 0 atom stereocenters. The van der Waals surface area contributed by atoms with Gasteiger partial charge in [-0.25, -0.2) is 4.98 Å². The molecule has 4 N–H and O–H groups in total. The zero-order valence-electron chi connectivity index (χ0n) is 9.13. The number of nitrogens with zero attached hydrogens (tertiary/aromatic N) is 1. The lowest BCUT2D eigenvalue weighted by atomic mass is 10.1. The van der Waals surface area contributed by atoms with Gasteiger partial charge in [0.15, 0.2) is 5.82 Å². The topological polar surface area (TPSA) is 93.0 Å². The van der Waals surface area contributed by atoms with Crippen molar-refractivity contribution in [2.24, 2.45) is 5.73 Å². The van der Waals surface area contributed by atoms with Crippen LogP contribution in [0.1, 0.15) is 13.8 Å². The number of ether oxygens (including phenoxy) is 1. The quantitative estimate of drug-likeness (QED) is 0.649. The normalized spacial score (nSPS) is 11.2. The minimum atomic E-state index is -0.380. The van der Waals surface area contributed by atoms with Gasteiger partial charge in [0.2, 0.25) is 5.75 Å². The van der Waals surface area contributed by atoms with Crippen molar-refractivity contribution >= 4 is 5.82 Å². The predicted molar refractivity (Wildman–Crippen MR) is 58.2 cm³/mol. The van der Waals surface area contributed by atoms with E-state index in [1.54, 1.807) is 0 Å². The van der Waals surface area contributed by atoms with Crippen LogP contribution in [0.15, 0.2) is 11.1 Å². The molecule has 0 saturated carbocycles. The maximum Gasteiger partial charge on any atom is 0.295 e. The van der Waals surface area contributed by atoms with Crippen molar-refractivity contribution in [1.82, 2.24) is 9.97 Å². The molecule has 0 aliphatic rings. The lowest BCUT2D eigenvalue weighted by molar-refractivity contribution is 0.407. The van der Waals surface area contributed by atoms with Crippen LogP contribution in [0.25, 0.3) is 0 Å². The third-order valence-corrected chi connectivity index (χ3v) is 1.73. The van der Waals surface area contributed by atoms with E-state index in [4.69, 9.17) is 10.5 Å². The van der Waals surface area contributed by atoms with Crippen molar-refractivity contribution in [2.45, 2.75) is 19.4 Å². The average molecular weight is 212 g/mol. The predicted octanol–water partition coefficient (Wildman–Crippen LogP) is -0.0723. The summed E-state index contributed by atoms with van der Waals surface area (Å²) in [6, 6.07) is 0. The van der Waals surface area contributed by atoms with E-state index in [2.05, 4.69) is 15.3 Å². The molecule has 0 aliphatic carbocycles. The summed E-state index contributed by atoms with van der Waals surface area (Å²) >= 11 is 0. The Hall–Kier alpha value is -1.56. The maximum absolute atomic E-state index is 11.3. The zero-order valence-corrected chi connectivity index (χ0v) is 9.13. The van der Waals surface area contributed by atoms with E-state index >= 15 is 0 Å². The van der Waals surface area contributed by atoms with Gasteiger partial charge in [0.1, 0.15) is 0 Å². The second-order valence-corrected chi connectivity index (χ2v) is 3.96. The standard InChI is InChI=1S/C9H16N4O2/c1-9(2,10)4-11-7-6(15-3)8(14)13-5-12-7/h5H,4,10H2,1-3H3,(H2,11,12,13,14). The molecule has 0 spiro atoms. The molecule has 15 heavy (non-hydrogen) atoms. The minimum absolute atomic E-state index is 0.168. The molecule has 1 aromatic rings. The number of hydrogen-bond acceptors (Lipinski definition) is 5. The van der Waals surface area contributed by atoms with Gasteiger partial charge in [0.05, 0.1) is 13.4 Å². The Morgan fingerprint density at radius 3 is 2.87 bits per heavy atom. The summed E-state index contributed by atoms with van der Waals surface area (Å²) in [6.07, 6.45) is 1.32. The fourth-order valence-corrected chi connectivity index (χ4v) is 1.01. The molecule has 1 heterocycles. The summed E-state index contributed by atoms with van der Waals surface area (Å²) in [5.41, 5.74) is 5.10. The number of H-pyrrole nitrogens is 1. The Labute approximate surface area is 87.9 Å². The third kappa shape index (κ3) is 3.25. The number of rotatable bonds is 4. The molecule has 0 saturated heterocycles. The highest BCUT2D eigenvalue weighted by atomic mass is 16.5. The van der Waals surface area contributed by atoms with E-state index in [9.17, 15) is 4.79 Å². The second kappa shape index (κ2) is 4.31. The summed E-state index contributed by atoms with van der Waals surface area (Å²) in [5.74, 6) is 0.571. The summed E-state index contributed by atoms with van der Waals surface area (Å²) < 4.78 is 4.93. The first-order chi connectivity index (χ1) is 6.94. The van der Waals surface area contributed by atoms with Gasteiger partial charge in [-0.1, -0.05) is 0 Å². The smallest absolute Gasteiger partial charge is 0.295 e. The SMILES string of the molecule is COc1c(NCC(C)(C)N)nc[nH]c1=O. The molecule has 0 bridgehead atoms. The maximum atomic E-state index is 11.3. The minimum Gasteiger partial charge on any atom is -0.489 e. The van der Waals surface area contributed by atoms with E-state index in [0.717, 1.165) is 0 Å². The van der Waals surface area contributed by atoms with Crippen molar-refractivity contribution in [3.05, 3.63) is 16.7 Å². The summed E-state index contributed by atoms with van der Waals surface area (Å²) in [6.45, 7) is 4.25. The molecule has 0 amide bonds. The molecule has 0 unspecified atom stereocenters. The van der Waals surface area contributed by atoms with Gasteiger partial charge in [-0.2, -0.15) is 0 Å². The Bertz CT molecular complexity index is 380. The van der Waals surface area contributed by atoms with Crippen molar-refractivity contribution < 1.29 is 4.74 Å². The van der Waals surface area contributed by atoms with Gasteiger partial charge >= 0.3 is 0 Å². The first-order valence-corrected chi connectivity index (χ1v) is 4.58. The van der Waals surface area contributed by atoms with Gasteiger partial charge in [-0.15, -0.1) is 0 Å². The Balaban J connectivity index is 2.86. The van der Waals surface area contributed by atoms with E-state index in [1.165, 1.54) is 13.4 Å². The molecular formula is C9H16N4O2. The number of anilines is 1. The summed E-state index contributed by atoms with van der Waals surface area (Å²) in [4.78, 5) is 17.7. The molecule has 0 fully saturated rings. The largest absolute Gasteiger partial charge is 0.489 e. The molecule has 0 aliphatic heterocycles. The number of nitrogens with two attached hydrogens (primary N) is 1. The highest BCUT2D eigenvalue weighted by Gasteiger charge is 2.13. The molecule has 1 aromatic heterocycles. The van der Waals surface area contributed by atoms with Crippen molar-refractivity contribution in [3.8, 4) is 5.75 Å². The molecule has 6 nitrogen and oxygen atoms in total. The zero-order chi connectivity index (χ0) is 11.5. The molecular weight excluding hydrogens is 196 g/mol. The number of hydrogen-bond donors (Lipinski definition) is 3. The van der Waals surface area contributed by atoms with Crippen LogP contribution in [-0.2, 0) is 0 Å². The number of aromatic amines is 1. The molecule has 84 valence electrons. The molecule has 0 radical (unpaired) electrons. The van der Waals surface area contributed by atoms with Gasteiger partial charge in [-0.05, 0) is 13.8 Å². The van der Waals surface area contributed by atoms with Crippen LogP contribution < -0.4 is 21.3 Å². The van der Waals surface area contributed by atoms with E-state index in [0.29, 0.717) is 12.4 Å². The van der Waals surface area contributed by atoms with Crippen LogP contribution in [0.4, 0.5) is 5.82 Å². The fraction of sp³-hybridized carbons (Fsp3) is 0.556. The highest BCUT2D eigenvalue weighted by molar-refractivity contribution is 5.48. The lowest BCUT2D eigenvalue weighted by Crippen LogP contribution is -2.40. The number of aromatic nitrogens is 2. The lowest BCUT2D eigenvalue weighted by Gasteiger charge is -2.19. The van der Waals surface area contributed by atoms with E-state index in [1.807, 2.05) is 13.8 Å². The Morgan fingerprint density at radius 1 is 1.67 bits per heavy atom. The number of nitrogens with one attached hydrogen (secondary N) is 2. The van der Waals surface area contributed by atoms with Crippen LogP contribution in [0.5, 0.6) is 5.75 Å². The van der Waals surface area contributed by atoms with Crippen LogP contribution >= 0.6 is 0 Å². The Morgan fingerprint density at radius 2 is 2.33 bits per heavy atom. The van der Waals surface area contributed by atoms with Crippen molar-refractivity contribution in [1.29, 1.82) is 0 Å². The molecule has 1 rings (SSSR count). The third-order valence-electron chi connectivity index (χ3n) is 1.73. The first kappa shape index (κ1) is 11.5. The first-order valence-electron chi connectivity index (χ1n) is 4.58. The van der Waals surface area contributed by atoms with Gasteiger partial charge in [-0.3, -0.25) is 4.79 Å². The van der Waals surface area contributed by atoms with Crippen LogP contribution in [0.2, 0.25) is 0 Å². The van der Waals surface area contributed by atoms with E-state index < -0.39 is 0 Å². The van der Waals surface area contributed by atoms with Gasteiger partial charge in [0, 0.05) is 12.1 Å². The summed E-state index contributed by atoms with van der Waals surface area (Å²) in [5, 5.41) is 2.96. The van der Waals surface area contributed by atoms with Gasteiger partial charge in [0.25, 0.3) is 5.56 Å². The second-order valence-electron chi connectivity index (χ2n) is 3.96. The van der Waals surface area contributed by atoms with Crippen molar-refractivity contribution in [2.75, 3.05) is 19.0 Å². The molecule has 6 heteroatoms. The Kier molecular flexibility index (Phi) is 3.31. The monoisotopic (exact) mass is 212 g/mol. The van der Waals surface area contributed by atoms with E-state index in [-0.39, 0.29) is 16.8 Å². The fourth-order valence-electron chi connectivity index (χ4n) is 1.01. The number of methoxy groups -OCH3 is 1. The molecule has 0 aromatic carbocycles.